The third-order valence-electron chi connectivity index (χ3n) is 1.24. The van der Waals surface area contributed by atoms with Crippen LogP contribution in [0.15, 0.2) is 24.5 Å². The molecule has 0 N–H and O–H groups in total. The van der Waals surface area contributed by atoms with Crippen LogP contribution in [0.5, 0.6) is 0 Å². The van der Waals surface area contributed by atoms with E-state index in [1.165, 1.54) is 5.57 Å². The van der Waals surface area contributed by atoms with Crippen LogP contribution in [-0.4, -0.2) is 7.11 Å². The predicted octanol–water partition coefficient (Wildman–Crippen LogP) is 2.50. The Balaban J connectivity index is 3.47. The number of hydrogen-bond acceptors (Lipinski definition) is 1. The van der Waals surface area contributed by atoms with Crippen LogP contribution in [0.1, 0.15) is 19.8 Å². The summed E-state index contributed by atoms with van der Waals surface area (Å²) in [6.07, 6.45) is 1.80. The van der Waals surface area contributed by atoms with Gasteiger partial charge in [0.25, 0.3) is 0 Å². The Bertz CT molecular complexity index is 99.7. The Hall–Kier alpha value is -0.720. The van der Waals surface area contributed by atoms with Crippen molar-refractivity contribution in [1.82, 2.24) is 0 Å². The zero-order valence-electron chi connectivity index (χ0n) is 6.24. The van der Waals surface area contributed by atoms with Crippen LogP contribution in [0.25, 0.3) is 0 Å². The number of allylic oxidation sites excluding steroid dienone is 1. The molecule has 0 heterocycles. The number of ether oxygens (including phenoxy) is 1. The standard InChI is InChI=1S/C8H14O/c1-5-7(2)6-8(3)9-4/h2-3,5-6H2,1,4H3. The van der Waals surface area contributed by atoms with Crippen LogP contribution in [0.4, 0.5) is 0 Å². The molecule has 0 aliphatic rings. The van der Waals surface area contributed by atoms with Gasteiger partial charge in [-0.1, -0.05) is 25.7 Å². The molecule has 0 aromatic rings. The topological polar surface area (TPSA) is 9.23 Å². The lowest BCUT2D eigenvalue weighted by atomic mass is 10.1. The van der Waals surface area contributed by atoms with Crippen molar-refractivity contribution in [2.24, 2.45) is 0 Å². The molecule has 1 heteroatoms. The van der Waals surface area contributed by atoms with Crippen molar-refractivity contribution in [3.05, 3.63) is 24.5 Å². The van der Waals surface area contributed by atoms with Gasteiger partial charge in [-0.05, 0) is 6.42 Å². The molecule has 0 aliphatic heterocycles. The number of methoxy groups -OCH3 is 1. The average molecular weight is 126 g/mol. The fraction of sp³-hybridized carbons (Fsp3) is 0.500. The molecule has 0 radical (unpaired) electrons. The molecule has 0 aromatic heterocycles. The minimum Gasteiger partial charge on any atom is -0.501 e. The summed E-state index contributed by atoms with van der Waals surface area (Å²) in [4.78, 5) is 0. The molecule has 1 nitrogen and oxygen atoms in total. The zero-order valence-corrected chi connectivity index (χ0v) is 6.24. The van der Waals surface area contributed by atoms with Crippen molar-refractivity contribution in [2.45, 2.75) is 19.8 Å². The second kappa shape index (κ2) is 4.19. The van der Waals surface area contributed by atoms with Crippen molar-refractivity contribution >= 4 is 0 Å². The molecule has 0 rings (SSSR count). The first kappa shape index (κ1) is 8.28. The second-order valence-electron chi connectivity index (χ2n) is 2.02. The Labute approximate surface area is 57.0 Å². The van der Waals surface area contributed by atoms with E-state index in [9.17, 15) is 0 Å². The number of hydrogen-bond donors (Lipinski definition) is 0. The highest BCUT2D eigenvalue weighted by Crippen LogP contribution is 2.09. The lowest BCUT2D eigenvalue weighted by Gasteiger charge is -2.03. The maximum atomic E-state index is 4.87. The summed E-state index contributed by atoms with van der Waals surface area (Å²) in [6.45, 7) is 9.57. The van der Waals surface area contributed by atoms with Gasteiger partial charge in [0.15, 0.2) is 0 Å². The SMILES string of the molecule is C=C(CC)CC(=C)OC. The van der Waals surface area contributed by atoms with Crippen LogP contribution in [0.3, 0.4) is 0 Å². The lowest BCUT2D eigenvalue weighted by molar-refractivity contribution is 0.284. The van der Waals surface area contributed by atoms with E-state index in [4.69, 9.17) is 4.74 Å². The van der Waals surface area contributed by atoms with E-state index in [-0.39, 0.29) is 0 Å². The molecule has 52 valence electrons. The number of rotatable bonds is 4. The van der Waals surface area contributed by atoms with Crippen molar-refractivity contribution < 1.29 is 4.74 Å². The fourth-order valence-corrected chi connectivity index (χ4v) is 0.476. The summed E-state index contributed by atoms with van der Waals surface area (Å²) in [5.74, 6) is 0.793. The van der Waals surface area contributed by atoms with Crippen molar-refractivity contribution in [2.75, 3.05) is 7.11 Å². The van der Waals surface area contributed by atoms with Gasteiger partial charge in [-0.15, -0.1) is 0 Å². The van der Waals surface area contributed by atoms with E-state index in [0.717, 1.165) is 18.6 Å². The summed E-state index contributed by atoms with van der Waals surface area (Å²) in [5, 5.41) is 0. The zero-order chi connectivity index (χ0) is 7.28. The first-order valence-corrected chi connectivity index (χ1v) is 3.09. The molecule has 9 heavy (non-hydrogen) atoms. The van der Waals surface area contributed by atoms with Crippen LogP contribution in [0.2, 0.25) is 0 Å². The van der Waals surface area contributed by atoms with Gasteiger partial charge in [0.1, 0.15) is 0 Å². The minimum atomic E-state index is 0.793. The summed E-state index contributed by atoms with van der Waals surface area (Å²) in [7, 11) is 1.63. The Morgan fingerprint density at radius 1 is 1.44 bits per heavy atom. The predicted molar refractivity (Wildman–Crippen MR) is 40.2 cm³/mol. The summed E-state index contributed by atoms with van der Waals surface area (Å²) >= 11 is 0. The molecule has 0 fully saturated rings. The highest BCUT2D eigenvalue weighted by atomic mass is 16.5. The van der Waals surface area contributed by atoms with E-state index in [0.29, 0.717) is 0 Å². The molecular formula is C8H14O. The third kappa shape index (κ3) is 3.83. The van der Waals surface area contributed by atoms with Crippen LogP contribution in [0, 0.1) is 0 Å². The summed E-state index contributed by atoms with van der Waals surface area (Å²) in [5.41, 5.74) is 1.17. The maximum Gasteiger partial charge on any atom is 0.0924 e. The van der Waals surface area contributed by atoms with Gasteiger partial charge in [-0.2, -0.15) is 0 Å². The van der Waals surface area contributed by atoms with E-state index < -0.39 is 0 Å². The molecule has 0 saturated carbocycles. The van der Waals surface area contributed by atoms with Crippen LogP contribution < -0.4 is 0 Å². The van der Waals surface area contributed by atoms with E-state index in [2.05, 4.69) is 20.1 Å². The largest absolute Gasteiger partial charge is 0.501 e. The first-order chi connectivity index (χ1) is 4.20. The molecule has 0 atom stereocenters. The van der Waals surface area contributed by atoms with Crippen LogP contribution in [-0.2, 0) is 4.74 Å². The molecule has 0 amide bonds. The Kier molecular flexibility index (Phi) is 3.85. The normalized spacial score (nSPS) is 8.67. The van der Waals surface area contributed by atoms with Crippen molar-refractivity contribution in [1.29, 1.82) is 0 Å². The fourth-order valence-electron chi connectivity index (χ4n) is 0.476. The molecule has 0 spiro atoms. The van der Waals surface area contributed by atoms with Gasteiger partial charge in [0.05, 0.1) is 12.9 Å². The smallest absolute Gasteiger partial charge is 0.0924 e. The van der Waals surface area contributed by atoms with Crippen LogP contribution >= 0.6 is 0 Å². The highest BCUT2D eigenvalue weighted by Gasteiger charge is 1.93. The summed E-state index contributed by atoms with van der Waals surface area (Å²) in [6, 6.07) is 0. The Morgan fingerprint density at radius 2 is 2.00 bits per heavy atom. The van der Waals surface area contributed by atoms with Gasteiger partial charge in [0, 0.05) is 6.42 Å². The molecule has 0 unspecified atom stereocenters. The van der Waals surface area contributed by atoms with Gasteiger partial charge in [-0.25, -0.2) is 0 Å². The molecule has 0 saturated heterocycles. The molecule has 0 aliphatic carbocycles. The van der Waals surface area contributed by atoms with Crippen molar-refractivity contribution in [3.8, 4) is 0 Å². The highest BCUT2D eigenvalue weighted by molar-refractivity contribution is 5.03. The lowest BCUT2D eigenvalue weighted by Crippen LogP contribution is -1.86. The molecular weight excluding hydrogens is 112 g/mol. The van der Waals surface area contributed by atoms with Gasteiger partial charge in [0.2, 0.25) is 0 Å². The first-order valence-electron chi connectivity index (χ1n) is 3.09. The van der Waals surface area contributed by atoms with E-state index in [1.807, 2.05) is 0 Å². The summed E-state index contributed by atoms with van der Waals surface area (Å²) < 4.78 is 4.87. The second-order valence-corrected chi connectivity index (χ2v) is 2.02. The molecule has 0 aromatic carbocycles. The van der Waals surface area contributed by atoms with Gasteiger partial charge < -0.3 is 4.74 Å². The maximum absolute atomic E-state index is 4.87. The van der Waals surface area contributed by atoms with Gasteiger partial charge in [-0.3, -0.25) is 0 Å². The third-order valence-corrected chi connectivity index (χ3v) is 1.24. The quantitative estimate of drug-likeness (QED) is 0.415. The van der Waals surface area contributed by atoms with Gasteiger partial charge >= 0.3 is 0 Å². The van der Waals surface area contributed by atoms with E-state index in [1.54, 1.807) is 7.11 Å². The monoisotopic (exact) mass is 126 g/mol. The Morgan fingerprint density at radius 3 is 2.33 bits per heavy atom. The average Bonchev–Trinajstić information content (AvgIpc) is 1.87. The molecule has 0 bridgehead atoms. The van der Waals surface area contributed by atoms with E-state index >= 15 is 0 Å². The van der Waals surface area contributed by atoms with Crippen molar-refractivity contribution in [3.63, 3.8) is 0 Å². The minimum absolute atomic E-state index is 0.793.